The maximum absolute atomic E-state index is 11.2. The summed E-state index contributed by atoms with van der Waals surface area (Å²) in [6.07, 6.45) is 5.37. The largest absolute Gasteiger partial charge is 0.469 e. The van der Waals surface area contributed by atoms with E-state index in [0.29, 0.717) is 0 Å². The number of hydrogen-bond acceptors (Lipinski definition) is 5. The molecule has 2 heterocycles. The van der Waals surface area contributed by atoms with Gasteiger partial charge in [-0.25, -0.2) is 4.98 Å². The summed E-state index contributed by atoms with van der Waals surface area (Å²) in [5.74, 6) is 0.637. The molecule has 1 aliphatic heterocycles. The van der Waals surface area contributed by atoms with Gasteiger partial charge in [0, 0.05) is 18.5 Å². The van der Waals surface area contributed by atoms with Crippen LogP contribution >= 0.6 is 11.3 Å². The van der Waals surface area contributed by atoms with Gasteiger partial charge in [0.15, 0.2) is 5.13 Å². The summed E-state index contributed by atoms with van der Waals surface area (Å²) < 4.78 is 4.67. The number of nitrogens with zero attached hydrogens (tertiary/aromatic N) is 2. The van der Waals surface area contributed by atoms with Crippen LogP contribution in [0.3, 0.4) is 0 Å². The van der Waals surface area contributed by atoms with Crippen molar-refractivity contribution >= 4 is 22.4 Å². The van der Waals surface area contributed by atoms with E-state index in [0.717, 1.165) is 29.8 Å². The van der Waals surface area contributed by atoms with Gasteiger partial charge in [-0.3, -0.25) is 4.79 Å². The fraction of sp³-hybridized carbons (Fsp3) is 0.714. The number of thiazole rings is 1. The van der Waals surface area contributed by atoms with E-state index in [1.54, 1.807) is 11.3 Å². The lowest BCUT2D eigenvalue weighted by molar-refractivity contribution is -0.139. The molecule has 0 aliphatic carbocycles. The maximum Gasteiger partial charge on any atom is 0.311 e. The van der Waals surface area contributed by atoms with Crippen LogP contribution in [-0.4, -0.2) is 31.2 Å². The number of carbonyl (C=O) groups excluding carboxylic acids is 1. The molecular weight excluding hydrogens is 260 g/mol. The predicted molar refractivity (Wildman–Crippen MR) is 77.7 cm³/mol. The first kappa shape index (κ1) is 14.3. The third kappa shape index (κ3) is 3.93. The average Bonchev–Trinajstić information content (AvgIpc) is 2.75. The zero-order valence-corrected chi connectivity index (χ0v) is 12.5. The first-order valence-electron chi connectivity index (χ1n) is 6.99. The molecule has 1 atom stereocenters. The van der Waals surface area contributed by atoms with Gasteiger partial charge in [0.05, 0.1) is 19.2 Å². The van der Waals surface area contributed by atoms with Crippen molar-refractivity contribution in [1.82, 2.24) is 4.98 Å². The fourth-order valence-corrected chi connectivity index (χ4v) is 3.39. The van der Waals surface area contributed by atoms with Crippen molar-refractivity contribution in [3.05, 3.63) is 11.1 Å². The van der Waals surface area contributed by atoms with Crippen LogP contribution in [0.2, 0.25) is 0 Å². The summed E-state index contributed by atoms with van der Waals surface area (Å²) in [4.78, 5) is 18.2. The van der Waals surface area contributed by atoms with Crippen molar-refractivity contribution in [2.45, 2.75) is 39.0 Å². The van der Waals surface area contributed by atoms with E-state index in [2.05, 4.69) is 21.5 Å². The standard InChI is InChI=1S/C14H22N2O2S/c1-3-11-5-4-7-16(8-6-11)14-15-12(10-19-14)9-13(17)18-2/h10-11H,3-9H2,1-2H3. The Morgan fingerprint density at radius 1 is 1.53 bits per heavy atom. The monoisotopic (exact) mass is 282 g/mol. The van der Waals surface area contributed by atoms with Gasteiger partial charge in [-0.2, -0.15) is 0 Å². The Hall–Kier alpha value is -1.10. The van der Waals surface area contributed by atoms with Crippen LogP contribution in [0.5, 0.6) is 0 Å². The van der Waals surface area contributed by atoms with Gasteiger partial charge in [0.2, 0.25) is 0 Å². The minimum atomic E-state index is -0.223. The van der Waals surface area contributed by atoms with Crippen LogP contribution in [0, 0.1) is 5.92 Å². The molecule has 1 aliphatic rings. The molecule has 0 aromatic carbocycles. The molecule has 0 spiro atoms. The van der Waals surface area contributed by atoms with Crippen molar-refractivity contribution in [3.63, 3.8) is 0 Å². The first-order chi connectivity index (χ1) is 9.22. The van der Waals surface area contributed by atoms with E-state index >= 15 is 0 Å². The number of methoxy groups -OCH3 is 1. The number of aromatic nitrogens is 1. The summed E-state index contributed by atoms with van der Waals surface area (Å²) >= 11 is 1.63. The molecule has 1 aromatic heterocycles. The third-order valence-electron chi connectivity index (χ3n) is 3.79. The minimum absolute atomic E-state index is 0.223. The molecule has 1 fully saturated rings. The zero-order chi connectivity index (χ0) is 13.7. The highest BCUT2D eigenvalue weighted by atomic mass is 32.1. The minimum Gasteiger partial charge on any atom is -0.469 e. The molecule has 0 N–H and O–H groups in total. The van der Waals surface area contributed by atoms with Crippen LogP contribution in [-0.2, 0) is 16.0 Å². The Bertz CT molecular complexity index is 419. The maximum atomic E-state index is 11.2. The summed E-state index contributed by atoms with van der Waals surface area (Å²) in [7, 11) is 1.41. The van der Waals surface area contributed by atoms with Gasteiger partial charge in [0.25, 0.3) is 0 Å². The number of carbonyl (C=O) groups is 1. The highest BCUT2D eigenvalue weighted by molar-refractivity contribution is 7.13. The Morgan fingerprint density at radius 2 is 2.37 bits per heavy atom. The number of ether oxygens (including phenoxy) is 1. The Balaban J connectivity index is 1.96. The lowest BCUT2D eigenvalue weighted by atomic mass is 9.98. The number of rotatable bonds is 4. The summed E-state index contributed by atoms with van der Waals surface area (Å²) in [6, 6.07) is 0. The second-order valence-electron chi connectivity index (χ2n) is 5.07. The van der Waals surface area contributed by atoms with Gasteiger partial charge in [-0.05, 0) is 25.2 Å². The van der Waals surface area contributed by atoms with Gasteiger partial charge in [0.1, 0.15) is 0 Å². The molecular formula is C14H22N2O2S. The zero-order valence-electron chi connectivity index (χ0n) is 11.7. The Morgan fingerprint density at radius 3 is 3.11 bits per heavy atom. The fourth-order valence-electron chi connectivity index (χ4n) is 2.51. The van der Waals surface area contributed by atoms with Gasteiger partial charge in [-0.15, -0.1) is 11.3 Å². The second kappa shape index (κ2) is 6.89. The molecule has 1 aromatic rings. The molecule has 19 heavy (non-hydrogen) atoms. The molecule has 2 rings (SSSR count). The lowest BCUT2D eigenvalue weighted by Crippen LogP contribution is -2.24. The van der Waals surface area contributed by atoms with E-state index in [1.807, 2.05) is 5.38 Å². The molecule has 0 amide bonds. The molecule has 4 nitrogen and oxygen atoms in total. The predicted octanol–water partition coefficient (Wildman–Crippen LogP) is 2.88. The van der Waals surface area contributed by atoms with Gasteiger partial charge >= 0.3 is 5.97 Å². The summed E-state index contributed by atoms with van der Waals surface area (Å²) in [6.45, 7) is 4.45. The first-order valence-corrected chi connectivity index (χ1v) is 7.87. The second-order valence-corrected chi connectivity index (χ2v) is 5.90. The number of hydrogen-bond donors (Lipinski definition) is 0. The summed E-state index contributed by atoms with van der Waals surface area (Å²) in [5.41, 5.74) is 0.822. The van der Waals surface area contributed by atoms with Crippen molar-refractivity contribution in [2.24, 2.45) is 5.92 Å². The molecule has 106 valence electrons. The third-order valence-corrected chi connectivity index (χ3v) is 4.74. The van der Waals surface area contributed by atoms with Crippen molar-refractivity contribution in [1.29, 1.82) is 0 Å². The topological polar surface area (TPSA) is 42.4 Å². The van der Waals surface area contributed by atoms with Crippen molar-refractivity contribution in [3.8, 4) is 0 Å². The van der Waals surface area contributed by atoms with Crippen molar-refractivity contribution in [2.75, 3.05) is 25.1 Å². The molecule has 5 heteroatoms. The smallest absolute Gasteiger partial charge is 0.311 e. The van der Waals surface area contributed by atoms with Crippen LogP contribution in [0.4, 0.5) is 5.13 Å². The van der Waals surface area contributed by atoms with Gasteiger partial charge < -0.3 is 9.64 Å². The van der Waals surface area contributed by atoms with Crippen LogP contribution < -0.4 is 4.90 Å². The quantitative estimate of drug-likeness (QED) is 0.796. The van der Waals surface area contributed by atoms with Crippen LogP contribution in [0.1, 0.15) is 38.3 Å². The summed E-state index contributed by atoms with van der Waals surface area (Å²) in [5, 5.41) is 3.02. The Labute approximate surface area is 118 Å². The molecule has 0 radical (unpaired) electrons. The molecule has 1 saturated heterocycles. The van der Waals surface area contributed by atoms with Gasteiger partial charge in [-0.1, -0.05) is 13.3 Å². The van der Waals surface area contributed by atoms with E-state index in [-0.39, 0.29) is 12.4 Å². The van der Waals surface area contributed by atoms with Crippen LogP contribution in [0.15, 0.2) is 5.38 Å². The number of esters is 1. The van der Waals surface area contributed by atoms with Crippen molar-refractivity contribution < 1.29 is 9.53 Å². The Kier molecular flexibility index (Phi) is 5.19. The molecule has 1 unspecified atom stereocenters. The average molecular weight is 282 g/mol. The molecule has 0 saturated carbocycles. The van der Waals surface area contributed by atoms with E-state index in [9.17, 15) is 4.79 Å². The SMILES string of the molecule is CCC1CCCN(c2nc(CC(=O)OC)cs2)CC1. The lowest BCUT2D eigenvalue weighted by Gasteiger charge is -2.19. The highest BCUT2D eigenvalue weighted by Gasteiger charge is 2.18. The molecule has 0 bridgehead atoms. The highest BCUT2D eigenvalue weighted by Crippen LogP contribution is 2.27. The number of anilines is 1. The van der Waals surface area contributed by atoms with E-state index in [1.165, 1.54) is 32.8 Å². The van der Waals surface area contributed by atoms with E-state index in [4.69, 9.17) is 0 Å². The van der Waals surface area contributed by atoms with Crippen LogP contribution in [0.25, 0.3) is 0 Å². The normalized spacial score (nSPS) is 20.1. The van der Waals surface area contributed by atoms with E-state index < -0.39 is 0 Å².